The molecule has 2 heterocycles. The second kappa shape index (κ2) is 6.72. The number of ether oxygens (including phenoxy) is 2. The van der Waals surface area contributed by atoms with E-state index in [2.05, 4.69) is 0 Å². The number of rotatable bonds is 4. The van der Waals surface area contributed by atoms with Crippen LogP contribution < -0.4 is 4.74 Å². The number of nitrogens with zero attached hydrogens (tertiary/aromatic N) is 1. The third-order valence-electron chi connectivity index (χ3n) is 4.82. The van der Waals surface area contributed by atoms with Crippen molar-refractivity contribution >= 4 is 15.7 Å². The van der Waals surface area contributed by atoms with E-state index in [-0.39, 0.29) is 35.5 Å². The van der Waals surface area contributed by atoms with Crippen molar-refractivity contribution in [2.24, 2.45) is 0 Å². The van der Waals surface area contributed by atoms with Crippen molar-refractivity contribution < 1.29 is 22.7 Å². The Morgan fingerprint density at radius 1 is 1.33 bits per heavy atom. The van der Waals surface area contributed by atoms with Gasteiger partial charge < -0.3 is 14.4 Å². The molecule has 0 N–H and O–H groups in total. The number of methoxy groups -OCH3 is 1. The molecule has 0 aromatic heterocycles. The minimum atomic E-state index is -3.12. The summed E-state index contributed by atoms with van der Waals surface area (Å²) in [5.41, 5.74) is 1.06. The molecule has 3 rings (SSSR count). The maximum atomic E-state index is 12.7. The fourth-order valence-electron chi connectivity index (χ4n) is 3.45. The predicted octanol–water partition coefficient (Wildman–Crippen LogP) is 1.21. The summed E-state index contributed by atoms with van der Waals surface area (Å²) in [6, 6.07) is 7.34. The van der Waals surface area contributed by atoms with Crippen molar-refractivity contribution in [1.29, 1.82) is 0 Å². The minimum absolute atomic E-state index is 0.00582. The fourth-order valence-corrected chi connectivity index (χ4v) is 5.32. The maximum Gasteiger partial charge on any atom is 0.223 e. The summed E-state index contributed by atoms with van der Waals surface area (Å²) >= 11 is 0. The molecule has 2 aliphatic heterocycles. The Bertz CT molecular complexity index is 700. The van der Waals surface area contributed by atoms with Crippen LogP contribution >= 0.6 is 0 Å². The zero-order valence-corrected chi connectivity index (χ0v) is 14.8. The Kier molecular flexibility index (Phi) is 4.83. The van der Waals surface area contributed by atoms with E-state index in [1.165, 1.54) is 0 Å². The average molecular weight is 353 g/mol. The molecule has 1 aromatic rings. The Labute approximate surface area is 142 Å². The maximum absolute atomic E-state index is 12.7. The SMILES string of the molecule is COc1ccc(C(C)CC(=O)N2CCOC3CS(=O)(=O)CC32)cc1. The molecule has 1 amide bonds. The van der Waals surface area contributed by atoms with Crippen LogP contribution in [0.25, 0.3) is 0 Å². The molecule has 6 nitrogen and oxygen atoms in total. The Balaban J connectivity index is 1.67. The van der Waals surface area contributed by atoms with Crippen LogP contribution in [-0.4, -0.2) is 63.1 Å². The lowest BCUT2D eigenvalue weighted by Crippen LogP contribution is -2.53. The van der Waals surface area contributed by atoms with Crippen LogP contribution in [0.2, 0.25) is 0 Å². The Morgan fingerprint density at radius 2 is 2.04 bits per heavy atom. The summed E-state index contributed by atoms with van der Waals surface area (Å²) in [5, 5.41) is 0. The first-order chi connectivity index (χ1) is 11.4. The van der Waals surface area contributed by atoms with Crippen LogP contribution in [0.4, 0.5) is 0 Å². The average Bonchev–Trinajstić information content (AvgIpc) is 2.88. The van der Waals surface area contributed by atoms with Gasteiger partial charge in [0.25, 0.3) is 0 Å². The number of carbonyl (C=O) groups excluding carboxylic acids is 1. The highest BCUT2D eigenvalue weighted by Crippen LogP contribution is 2.28. The van der Waals surface area contributed by atoms with Crippen molar-refractivity contribution in [3.63, 3.8) is 0 Å². The van der Waals surface area contributed by atoms with Gasteiger partial charge >= 0.3 is 0 Å². The van der Waals surface area contributed by atoms with Crippen molar-refractivity contribution in [3.8, 4) is 5.75 Å². The van der Waals surface area contributed by atoms with Gasteiger partial charge in [0, 0.05) is 13.0 Å². The van der Waals surface area contributed by atoms with Gasteiger partial charge in [0.05, 0.1) is 37.4 Å². The van der Waals surface area contributed by atoms with Gasteiger partial charge in [-0.1, -0.05) is 19.1 Å². The molecule has 2 saturated heterocycles. The number of hydrogen-bond donors (Lipinski definition) is 0. The molecule has 3 atom stereocenters. The molecule has 0 radical (unpaired) electrons. The summed E-state index contributed by atoms with van der Waals surface area (Å²) in [4.78, 5) is 14.4. The molecule has 0 bridgehead atoms. The van der Waals surface area contributed by atoms with Crippen molar-refractivity contribution in [1.82, 2.24) is 4.90 Å². The molecule has 2 fully saturated rings. The van der Waals surface area contributed by atoms with E-state index in [1.807, 2.05) is 31.2 Å². The third kappa shape index (κ3) is 3.57. The van der Waals surface area contributed by atoms with E-state index in [1.54, 1.807) is 12.0 Å². The molecule has 3 unspecified atom stereocenters. The van der Waals surface area contributed by atoms with Crippen LogP contribution in [0.15, 0.2) is 24.3 Å². The molecule has 0 aliphatic carbocycles. The van der Waals surface area contributed by atoms with E-state index in [0.29, 0.717) is 19.6 Å². The molecule has 24 heavy (non-hydrogen) atoms. The van der Waals surface area contributed by atoms with Crippen LogP contribution in [0.3, 0.4) is 0 Å². The smallest absolute Gasteiger partial charge is 0.223 e. The van der Waals surface area contributed by atoms with Crippen LogP contribution in [0, 0.1) is 0 Å². The van der Waals surface area contributed by atoms with Gasteiger partial charge in [-0.3, -0.25) is 4.79 Å². The number of hydrogen-bond acceptors (Lipinski definition) is 5. The van der Waals surface area contributed by atoms with Crippen molar-refractivity contribution in [2.75, 3.05) is 31.8 Å². The summed E-state index contributed by atoms with van der Waals surface area (Å²) in [6.07, 6.45) is -0.0146. The van der Waals surface area contributed by atoms with Gasteiger partial charge in [0.15, 0.2) is 9.84 Å². The van der Waals surface area contributed by atoms with Gasteiger partial charge in [-0.2, -0.15) is 0 Å². The zero-order valence-electron chi connectivity index (χ0n) is 14.0. The number of amides is 1. The minimum Gasteiger partial charge on any atom is -0.497 e. The summed E-state index contributed by atoms with van der Waals surface area (Å²) < 4.78 is 34.4. The lowest BCUT2D eigenvalue weighted by atomic mass is 9.96. The lowest BCUT2D eigenvalue weighted by molar-refractivity contribution is -0.143. The fraction of sp³-hybridized carbons (Fsp3) is 0.588. The van der Waals surface area contributed by atoms with E-state index < -0.39 is 9.84 Å². The van der Waals surface area contributed by atoms with E-state index in [9.17, 15) is 13.2 Å². The van der Waals surface area contributed by atoms with Crippen LogP contribution in [0.1, 0.15) is 24.8 Å². The third-order valence-corrected chi connectivity index (χ3v) is 6.51. The van der Waals surface area contributed by atoms with Crippen LogP contribution in [-0.2, 0) is 19.4 Å². The second-order valence-corrected chi connectivity index (χ2v) is 8.67. The quantitative estimate of drug-likeness (QED) is 0.814. The molecule has 1 aromatic carbocycles. The summed E-state index contributed by atoms with van der Waals surface area (Å²) in [5.74, 6) is 0.872. The molecule has 132 valence electrons. The lowest BCUT2D eigenvalue weighted by Gasteiger charge is -2.37. The zero-order chi connectivity index (χ0) is 17.3. The standard InChI is InChI=1S/C17H23NO5S/c1-12(13-3-5-14(22-2)6-4-13)9-17(19)18-7-8-23-16-11-24(20,21)10-15(16)18/h3-6,12,15-16H,7-11H2,1-2H3. The number of carbonyl (C=O) groups is 1. The van der Waals surface area contributed by atoms with Crippen molar-refractivity contribution in [3.05, 3.63) is 29.8 Å². The first-order valence-corrected chi connectivity index (χ1v) is 9.97. The predicted molar refractivity (Wildman–Crippen MR) is 89.9 cm³/mol. The molecule has 0 spiro atoms. The summed E-state index contributed by atoms with van der Waals surface area (Å²) in [6.45, 7) is 2.87. The monoisotopic (exact) mass is 353 g/mol. The molecular formula is C17H23NO5S. The first kappa shape index (κ1) is 17.2. The number of morpholine rings is 1. The Morgan fingerprint density at radius 3 is 2.71 bits per heavy atom. The highest BCUT2D eigenvalue weighted by molar-refractivity contribution is 7.91. The Hall–Kier alpha value is -1.60. The van der Waals surface area contributed by atoms with Gasteiger partial charge in [-0.25, -0.2) is 8.42 Å². The van der Waals surface area contributed by atoms with Gasteiger partial charge in [0.1, 0.15) is 5.75 Å². The number of sulfone groups is 1. The summed E-state index contributed by atoms with van der Waals surface area (Å²) in [7, 11) is -1.50. The van der Waals surface area contributed by atoms with E-state index in [4.69, 9.17) is 9.47 Å². The van der Waals surface area contributed by atoms with E-state index in [0.717, 1.165) is 11.3 Å². The first-order valence-electron chi connectivity index (χ1n) is 8.15. The molecule has 0 saturated carbocycles. The van der Waals surface area contributed by atoms with Gasteiger partial charge in [-0.15, -0.1) is 0 Å². The second-order valence-electron chi connectivity index (χ2n) is 6.52. The number of benzene rings is 1. The molecule has 2 aliphatic rings. The largest absolute Gasteiger partial charge is 0.497 e. The van der Waals surface area contributed by atoms with Crippen LogP contribution in [0.5, 0.6) is 5.75 Å². The molecule has 7 heteroatoms. The normalized spacial score (nSPS) is 26.7. The van der Waals surface area contributed by atoms with Gasteiger partial charge in [0.2, 0.25) is 5.91 Å². The van der Waals surface area contributed by atoms with Crippen molar-refractivity contribution in [2.45, 2.75) is 31.4 Å². The highest BCUT2D eigenvalue weighted by atomic mass is 32.2. The van der Waals surface area contributed by atoms with Gasteiger partial charge in [-0.05, 0) is 23.6 Å². The van der Waals surface area contributed by atoms with E-state index >= 15 is 0 Å². The number of fused-ring (bicyclic) bond motifs is 1. The highest BCUT2D eigenvalue weighted by Gasteiger charge is 2.45. The molecular weight excluding hydrogens is 330 g/mol. The topological polar surface area (TPSA) is 72.9 Å².